The summed E-state index contributed by atoms with van der Waals surface area (Å²) >= 11 is 0. The van der Waals surface area contributed by atoms with E-state index in [1.807, 2.05) is 0 Å². The van der Waals surface area contributed by atoms with Crippen LogP contribution in [0.3, 0.4) is 0 Å². The molecule has 1 rings (SSSR count). The monoisotopic (exact) mass is 229 g/mol. The number of hydrogen-bond donors (Lipinski definition) is 1. The second-order valence-electron chi connectivity index (χ2n) is 5.05. The highest BCUT2D eigenvalue weighted by molar-refractivity contribution is 4.65. The molecule has 0 atom stereocenters. The van der Waals surface area contributed by atoms with Crippen LogP contribution in [-0.4, -0.2) is 39.5 Å². The van der Waals surface area contributed by atoms with Gasteiger partial charge in [0.05, 0.1) is 6.61 Å². The largest absolute Gasteiger partial charge is 0.381 e. The summed E-state index contributed by atoms with van der Waals surface area (Å²) in [7, 11) is 0. The minimum absolute atomic E-state index is 0.746. The molecule has 1 aliphatic rings. The Morgan fingerprint density at radius 2 is 2.00 bits per heavy atom. The summed E-state index contributed by atoms with van der Waals surface area (Å²) in [6, 6.07) is 0. The lowest BCUT2D eigenvalue weighted by Crippen LogP contribution is -2.30. The fourth-order valence-corrected chi connectivity index (χ4v) is 1.82. The van der Waals surface area contributed by atoms with E-state index in [0.717, 1.165) is 51.4 Å². The minimum atomic E-state index is 0.746. The zero-order valence-corrected chi connectivity index (χ0v) is 10.8. The molecule has 0 aliphatic carbocycles. The molecule has 0 aromatic carbocycles. The fourth-order valence-electron chi connectivity index (χ4n) is 1.82. The smallest absolute Gasteiger partial charge is 0.0590 e. The third kappa shape index (κ3) is 7.20. The summed E-state index contributed by atoms with van der Waals surface area (Å²) in [5, 5.41) is 3.46. The summed E-state index contributed by atoms with van der Waals surface area (Å²) in [4.78, 5) is 0. The van der Waals surface area contributed by atoms with Crippen molar-refractivity contribution in [2.24, 2.45) is 11.8 Å². The third-order valence-electron chi connectivity index (χ3n) is 3.04. The first-order valence-electron chi connectivity index (χ1n) is 6.65. The van der Waals surface area contributed by atoms with Gasteiger partial charge in [-0.25, -0.2) is 0 Å². The molecule has 0 bridgehead atoms. The Kier molecular flexibility index (Phi) is 7.81. The van der Waals surface area contributed by atoms with Crippen molar-refractivity contribution >= 4 is 0 Å². The average Bonchev–Trinajstić information content (AvgIpc) is 2.29. The molecule has 96 valence electrons. The minimum Gasteiger partial charge on any atom is -0.381 e. The predicted octanol–water partition coefficient (Wildman–Crippen LogP) is 2.07. The van der Waals surface area contributed by atoms with Crippen LogP contribution in [0.5, 0.6) is 0 Å². The SMILES string of the molecule is CC(C)CCOCCNCC1CCOCC1. The van der Waals surface area contributed by atoms with Gasteiger partial charge in [-0.1, -0.05) is 13.8 Å². The Bertz CT molecular complexity index is 156. The van der Waals surface area contributed by atoms with Crippen LogP contribution in [-0.2, 0) is 9.47 Å². The molecule has 1 N–H and O–H groups in total. The van der Waals surface area contributed by atoms with E-state index < -0.39 is 0 Å². The number of hydrogen-bond acceptors (Lipinski definition) is 3. The van der Waals surface area contributed by atoms with E-state index in [-0.39, 0.29) is 0 Å². The van der Waals surface area contributed by atoms with Crippen LogP contribution in [0, 0.1) is 11.8 Å². The van der Waals surface area contributed by atoms with Gasteiger partial charge in [0.15, 0.2) is 0 Å². The molecule has 0 saturated carbocycles. The van der Waals surface area contributed by atoms with Crippen molar-refractivity contribution in [2.45, 2.75) is 33.1 Å². The average molecular weight is 229 g/mol. The van der Waals surface area contributed by atoms with Crippen molar-refractivity contribution in [1.29, 1.82) is 0 Å². The molecule has 3 heteroatoms. The summed E-state index contributed by atoms with van der Waals surface area (Å²) in [6.45, 7) is 10.2. The summed E-state index contributed by atoms with van der Waals surface area (Å²) in [6.07, 6.45) is 3.59. The van der Waals surface area contributed by atoms with Crippen LogP contribution in [0.25, 0.3) is 0 Å². The normalized spacial score (nSPS) is 18.2. The number of nitrogens with one attached hydrogen (secondary N) is 1. The Morgan fingerprint density at radius 3 is 2.69 bits per heavy atom. The molecule has 0 aromatic heterocycles. The van der Waals surface area contributed by atoms with Crippen molar-refractivity contribution in [3.05, 3.63) is 0 Å². The van der Waals surface area contributed by atoms with Crippen molar-refractivity contribution in [3.8, 4) is 0 Å². The molecule has 0 aromatic rings. The van der Waals surface area contributed by atoms with Crippen LogP contribution in [0.15, 0.2) is 0 Å². The van der Waals surface area contributed by atoms with E-state index in [0.29, 0.717) is 0 Å². The van der Waals surface area contributed by atoms with Crippen LogP contribution in [0.2, 0.25) is 0 Å². The Morgan fingerprint density at radius 1 is 1.25 bits per heavy atom. The van der Waals surface area contributed by atoms with Crippen molar-refractivity contribution in [3.63, 3.8) is 0 Å². The van der Waals surface area contributed by atoms with Gasteiger partial charge >= 0.3 is 0 Å². The first-order chi connectivity index (χ1) is 7.79. The Labute approximate surface area is 99.9 Å². The molecule has 0 spiro atoms. The molecule has 1 saturated heterocycles. The van der Waals surface area contributed by atoms with Crippen LogP contribution in [0.1, 0.15) is 33.1 Å². The first kappa shape index (κ1) is 13.9. The van der Waals surface area contributed by atoms with Crippen molar-refractivity contribution < 1.29 is 9.47 Å². The van der Waals surface area contributed by atoms with Gasteiger partial charge in [-0.15, -0.1) is 0 Å². The summed E-state index contributed by atoms with van der Waals surface area (Å²) in [5.74, 6) is 1.56. The van der Waals surface area contributed by atoms with Crippen molar-refractivity contribution in [2.75, 3.05) is 39.5 Å². The van der Waals surface area contributed by atoms with Gasteiger partial charge < -0.3 is 14.8 Å². The first-order valence-corrected chi connectivity index (χ1v) is 6.65. The molecule has 0 amide bonds. The molecule has 1 aliphatic heterocycles. The topological polar surface area (TPSA) is 30.5 Å². The third-order valence-corrected chi connectivity index (χ3v) is 3.04. The second kappa shape index (κ2) is 8.97. The molecule has 3 nitrogen and oxygen atoms in total. The highest BCUT2D eigenvalue weighted by Gasteiger charge is 2.12. The van der Waals surface area contributed by atoms with Crippen molar-refractivity contribution in [1.82, 2.24) is 5.32 Å². The maximum atomic E-state index is 5.55. The highest BCUT2D eigenvalue weighted by Crippen LogP contribution is 2.12. The Balaban J connectivity index is 1.80. The number of rotatable bonds is 8. The van der Waals surface area contributed by atoms with Gasteiger partial charge in [0, 0.05) is 26.4 Å². The Hall–Kier alpha value is -0.120. The molecule has 16 heavy (non-hydrogen) atoms. The molecule has 0 unspecified atom stereocenters. The second-order valence-corrected chi connectivity index (χ2v) is 5.05. The zero-order valence-electron chi connectivity index (χ0n) is 10.8. The van der Waals surface area contributed by atoms with Gasteiger partial charge in [0.1, 0.15) is 0 Å². The maximum Gasteiger partial charge on any atom is 0.0590 e. The van der Waals surface area contributed by atoms with Crippen LogP contribution >= 0.6 is 0 Å². The molecule has 1 heterocycles. The van der Waals surface area contributed by atoms with E-state index in [4.69, 9.17) is 9.47 Å². The highest BCUT2D eigenvalue weighted by atomic mass is 16.5. The molecular formula is C13H27NO2. The van der Waals surface area contributed by atoms with Gasteiger partial charge in [-0.05, 0) is 37.6 Å². The summed E-state index contributed by atoms with van der Waals surface area (Å²) < 4.78 is 10.9. The summed E-state index contributed by atoms with van der Waals surface area (Å²) in [5.41, 5.74) is 0. The number of ether oxygens (including phenoxy) is 2. The van der Waals surface area contributed by atoms with Crippen LogP contribution in [0.4, 0.5) is 0 Å². The predicted molar refractivity (Wildman–Crippen MR) is 66.7 cm³/mol. The fraction of sp³-hybridized carbons (Fsp3) is 1.00. The maximum absolute atomic E-state index is 5.55. The molecular weight excluding hydrogens is 202 g/mol. The van der Waals surface area contributed by atoms with Gasteiger partial charge in [0.2, 0.25) is 0 Å². The van der Waals surface area contributed by atoms with Gasteiger partial charge in [-0.3, -0.25) is 0 Å². The van der Waals surface area contributed by atoms with E-state index >= 15 is 0 Å². The quantitative estimate of drug-likeness (QED) is 0.646. The van der Waals surface area contributed by atoms with Crippen LogP contribution < -0.4 is 5.32 Å². The van der Waals surface area contributed by atoms with Gasteiger partial charge in [0.25, 0.3) is 0 Å². The lowest BCUT2D eigenvalue weighted by atomic mass is 10.0. The molecule has 0 radical (unpaired) electrons. The van der Waals surface area contributed by atoms with Gasteiger partial charge in [-0.2, -0.15) is 0 Å². The standard InChI is InChI=1S/C13H27NO2/c1-12(2)3-7-16-10-6-14-11-13-4-8-15-9-5-13/h12-14H,3-11H2,1-2H3. The van der Waals surface area contributed by atoms with E-state index in [1.165, 1.54) is 19.3 Å². The lowest BCUT2D eigenvalue weighted by Gasteiger charge is -2.22. The zero-order chi connectivity index (χ0) is 11.6. The van der Waals surface area contributed by atoms with E-state index in [2.05, 4.69) is 19.2 Å². The lowest BCUT2D eigenvalue weighted by molar-refractivity contribution is 0.0649. The molecule has 1 fully saturated rings. The van der Waals surface area contributed by atoms with E-state index in [1.54, 1.807) is 0 Å². The van der Waals surface area contributed by atoms with E-state index in [9.17, 15) is 0 Å².